The average molecular weight is 499 g/mol. The number of sulfonamides is 1. The summed E-state index contributed by atoms with van der Waals surface area (Å²) in [4.78, 5) is 8.07. The van der Waals surface area contributed by atoms with Crippen LogP contribution in [-0.4, -0.2) is 45.5 Å². The number of nitrogens with one attached hydrogen (secondary N) is 1. The second kappa shape index (κ2) is 9.27. The van der Waals surface area contributed by atoms with Crippen molar-refractivity contribution in [1.29, 1.82) is 0 Å². The summed E-state index contributed by atoms with van der Waals surface area (Å²) in [6, 6.07) is 3.40. The molecule has 2 heterocycles. The summed E-state index contributed by atoms with van der Waals surface area (Å²) < 4.78 is 64.5. The summed E-state index contributed by atoms with van der Waals surface area (Å²) in [5.41, 5.74) is -0.445. The first-order chi connectivity index (χ1) is 15.7. The number of hydrogen-bond donors (Lipinski definition) is 1. The zero-order valence-corrected chi connectivity index (χ0v) is 19.3. The third kappa shape index (κ3) is 4.55. The van der Waals surface area contributed by atoms with E-state index in [4.69, 9.17) is 16.3 Å². The summed E-state index contributed by atoms with van der Waals surface area (Å²) in [6.45, 7) is 1.39. The Hall–Kier alpha value is -2.70. The Bertz CT molecular complexity index is 1230. The van der Waals surface area contributed by atoms with Gasteiger partial charge >= 0.3 is 0 Å². The van der Waals surface area contributed by atoms with Crippen LogP contribution in [0.5, 0.6) is 0 Å². The van der Waals surface area contributed by atoms with Gasteiger partial charge in [-0.1, -0.05) is 24.1 Å². The van der Waals surface area contributed by atoms with Crippen LogP contribution < -0.4 is 4.72 Å². The monoisotopic (exact) mass is 498 g/mol. The number of ether oxygens (including phenoxy) is 1. The van der Waals surface area contributed by atoms with Gasteiger partial charge in [0.25, 0.3) is 0 Å². The quantitative estimate of drug-likeness (QED) is 0.503. The summed E-state index contributed by atoms with van der Waals surface area (Å²) in [5, 5.41) is 7.05. The molecule has 1 fully saturated rings. The van der Waals surface area contributed by atoms with Crippen LogP contribution in [0.4, 0.5) is 14.7 Å². The van der Waals surface area contributed by atoms with Crippen molar-refractivity contribution in [2.75, 3.05) is 11.8 Å². The molecule has 0 saturated heterocycles. The molecule has 1 aliphatic carbocycles. The molecule has 2 aromatic heterocycles. The number of para-hydroxylation sites is 1. The molecule has 0 radical (unpaired) electrons. The highest BCUT2D eigenvalue weighted by Crippen LogP contribution is 2.38. The minimum atomic E-state index is -4.20. The van der Waals surface area contributed by atoms with E-state index in [9.17, 15) is 17.2 Å². The van der Waals surface area contributed by atoms with Crippen molar-refractivity contribution >= 4 is 27.6 Å². The maximum atomic E-state index is 14.6. The molecule has 176 valence electrons. The summed E-state index contributed by atoms with van der Waals surface area (Å²) in [5.74, 6) is -1.74. The number of rotatable bonds is 8. The zero-order chi connectivity index (χ0) is 23.8. The molecule has 0 amide bonds. The van der Waals surface area contributed by atoms with E-state index in [0.717, 1.165) is 36.0 Å². The number of anilines is 1. The minimum Gasteiger partial charge on any atom is -0.372 e. The van der Waals surface area contributed by atoms with Gasteiger partial charge in [0.05, 0.1) is 5.02 Å². The predicted octanol–water partition coefficient (Wildman–Crippen LogP) is 3.77. The lowest BCUT2D eigenvalue weighted by atomic mass is 9.85. The molecule has 3 aromatic rings. The molecule has 33 heavy (non-hydrogen) atoms. The Morgan fingerprint density at radius 1 is 1.18 bits per heavy atom. The molecule has 0 unspecified atom stereocenters. The maximum Gasteiger partial charge on any atom is 0.243 e. The topological polar surface area (TPSA) is 112 Å². The molecule has 1 aromatic carbocycles. The molecule has 0 aliphatic heterocycles. The van der Waals surface area contributed by atoms with E-state index in [1.807, 2.05) is 0 Å². The van der Waals surface area contributed by atoms with Gasteiger partial charge < -0.3 is 4.74 Å². The minimum absolute atomic E-state index is 0.0821. The Labute approximate surface area is 194 Å². The van der Waals surface area contributed by atoms with Crippen molar-refractivity contribution in [3.05, 3.63) is 58.9 Å². The van der Waals surface area contributed by atoms with Crippen LogP contribution in [0, 0.1) is 11.6 Å². The van der Waals surface area contributed by atoms with Crippen LogP contribution in [0.25, 0.3) is 5.69 Å². The van der Waals surface area contributed by atoms with Crippen LogP contribution in [0.1, 0.15) is 49.9 Å². The fraction of sp³-hybridized carbons (Fsp3) is 0.400. The second-order valence-electron chi connectivity index (χ2n) is 7.68. The van der Waals surface area contributed by atoms with Gasteiger partial charge in [-0.25, -0.2) is 27.2 Å². The van der Waals surface area contributed by atoms with Crippen molar-refractivity contribution in [2.24, 2.45) is 0 Å². The van der Waals surface area contributed by atoms with Crippen molar-refractivity contribution in [1.82, 2.24) is 24.7 Å². The van der Waals surface area contributed by atoms with E-state index in [0.29, 0.717) is 5.82 Å². The standard InChI is InChI=1S/C20H21ClF2N6O3S/c1-11(17(32-2)18-24-9-13(21)10-25-18)33(30,31)28-20-27-26-19(12-5-3-6-12)29(20)16-14(22)7-4-8-15(16)23/h4,7-12,17H,3,5-6H2,1-2H3,(H,27,28)/t11-,17-/m0/s1. The number of benzene rings is 1. The Morgan fingerprint density at radius 2 is 1.82 bits per heavy atom. The molecule has 9 nitrogen and oxygen atoms in total. The number of aromatic nitrogens is 5. The summed E-state index contributed by atoms with van der Waals surface area (Å²) in [7, 11) is -2.88. The van der Waals surface area contributed by atoms with Gasteiger partial charge in [-0.15, -0.1) is 10.2 Å². The molecule has 2 atom stereocenters. The summed E-state index contributed by atoms with van der Waals surface area (Å²) >= 11 is 5.81. The molecule has 1 aliphatic rings. The first-order valence-corrected chi connectivity index (χ1v) is 12.1. The third-order valence-electron chi connectivity index (χ3n) is 5.62. The fourth-order valence-corrected chi connectivity index (χ4v) is 4.80. The van der Waals surface area contributed by atoms with Crippen LogP contribution >= 0.6 is 11.6 Å². The largest absolute Gasteiger partial charge is 0.372 e. The SMILES string of the molecule is CO[C@H](c1ncc(Cl)cn1)[C@H](C)S(=O)(=O)Nc1nnc(C2CCC2)n1-c1c(F)cccc1F. The van der Waals surface area contributed by atoms with Crippen LogP contribution in [0.3, 0.4) is 0 Å². The van der Waals surface area contributed by atoms with Gasteiger partial charge in [0, 0.05) is 25.4 Å². The molecular formula is C20H21ClF2N6O3S. The number of nitrogens with zero attached hydrogens (tertiary/aromatic N) is 5. The average Bonchev–Trinajstić information content (AvgIpc) is 3.10. The van der Waals surface area contributed by atoms with Gasteiger partial charge in [0.1, 0.15) is 34.5 Å². The lowest BCUT2D eigenvalue weighted by molar-refractivity contribution is 0.0950. The van der Waals surface area contributed by atoms with Crippen LogP contribution in [0.2, 0.25) is 5.02 Å². The number of halogens is 3. The maximum absolute atomic E-state index is 14.6. The zero-order valence-electron chi connectivity index (χ0n) is 17.7. The molecule has 1 N–H and O–H groups in total. The highest BCUT2D eigenvalue weighted by molar-refractivity contribution is 7.93. The Balaban J connectivity index is 1.72. The highest BCUT2D eigenvalue weighted by atomic mass is 35.5. The van der Waals surface area contributed by atoms with E-state index in [1.165, 1.54) is 32.5 Å². The lowest BCUT2D eigenvalue weighted by Gasteiger charge is -2.26. The van der Waals surface area contributed by atoms with E-state index in [2.05, 4.69) is 24.9 Å². The lowest BCUT2D eigenvalue weighted by Crippen LogP contribution is -2.33. The van der Waals surface area contributed by atoms with Crippen molar-refractivity contribution in [3.63, 3.8) is 0 Å². The Morgan fingerprint density at radius 3 is 2.36 bits per heavy atom. The van der Waals surface area contributed by atoms with Gasteiger partial charge in [0.15, 0.2) is 5.82 Å². The van der Waals surface area contributed by atoms with E-state index in [1.54, 1.807) is 0 Å². The van der Waals surface area contributed by atoms with Crippen LogP contribution in [-0.2, 0) is 14.8 Å². The molecule has 0 bridgehead atoms. The van der Waals surface area contributed by atoms with Crippen LogP contribution in [0.15, 0.2) is 30.6 Å². The van der Waals surface area contributed by atoms with E-state index in [-0.39, 0.29) is 22.7 Å². The molecule has 0 spiro atoms. The highest BCUT2D eigenvalue weighted by Gasteiger charge is 2.36. The predicted molar refractivity (Wildman–Crippen MR) is 117 cm³/mol. The van der Waals surface area contributed by atoms with E-state index < -0.39 is 38.7 Å². The van der Waals surface area contributed by atoms with Gasteiger partial charge in [-0.2, -0.15) is 0 Å². The number of hydrogen-bond acceptors (Lipinski definition) is 7. The smallest absolute Gasteiger partial charge is 0.243 e. The fourth-order valence-electron chi connectivity index (χ4n) is 3.58. The number of methoxy groups -OCH3 is 1. The second-order valence-corrected chi connectivity index (χ2v) is 10.2. The van der Waals surface area contributed by atoms with Crippen molar-refractivity contribution in [3.8, 4) is 5.69 Å². The third-order valence-corrected chi connectivity index (χ3v) is 7.51. The molecule has 1 saturated carbocycles. The molecule has 4 rings (SSSR count). The normalized spacial score (nSPS) is 16.3. The molecular weight excluding hydrogens is 478 g/mol. The van der Waals surface area contributed by atoms with Crippen molar-refractivity contribution in [2.45, 2.75) is 43.5 Å². The Kier molecular flexibility index (Phi) is 6.59. The first kappa shape index (κ1) is 23.5. The van der Waals surface area contributed by atoms with Crippen molar-refractivity contribution < 1.29 is 21.9 Å². The van der Waals surface area contributed by atoms with Gasteiger partial charge in [-0.05, 0) is 31.9 Å². The summed E-state index contributed by atoms with van der Waals surface area (Å²) in [6.07, 6.45) is 4.06. The molecule has 13 heteroatoms. The van der Waals surface area contributed by atoms with E-state index >= 15 is 0 Å². The van der Waals surface area contributed by atoms with Gasteiger partial charge in [0.2, 0.25) is 16.0 Å². The first-order valence-electron chi connectivity index (χ1n) is 10.1. The van der Waals surface area contributed by atoms with Gasteiger partial charge in [-0.3, -0.25) is 9.29 Å².